The summed E-state index contributed by atoms with van der Waals surface area (Å²) in [5.74, 6) is -0.454. The molecule has 0 aliphatic heterocycles. The van der Waals surface area contributed by atoms with Gasteiger partial charge in [0.05, 0.1) is 12.3 Å². The van der Waals surface area contributed by atoms with Crippen LogP contribution in [0.15, 0.2) is 30.3 Å². The normalized spacial score (nSPS) is 11.5. The van der Waals surface area contributed by atoms with Crippen molar-refractivity contribution in [3.63, 3.8) is 0 Å². The first-order valence-electron chi connectivity index (χ1n) is 5.69. The summed E-state index contributed by atoms with van der Waals surface area (Å²) in [5.41, 5.74) is 0.689. The Bertz CT molecular complexity index is 483. The summed E-state index contributed by atoms with van der Waals surface area (Å²) in [4.78, 5) is 11.3. The summed E-state index contributed by atoms with van der Waals surface area (Å²) in [6, 6.07) is 8.82. The number of benzene rings is 1. The fraction of sp³-hybridized carbons (Fsp3) is 0.417. The molecule has 2 N–H and O–H groups in total. The summed E-state index contributed by atoms with van der Waals surface area (Å²) in [7, 11) is -3.48. The van der Waals surface area contributed by atoms with Gasteiger partial charge in [-0.25, -0.2) is 13.1 Å². The highest BCUT2D eigenvalue weighted by molar-refractivity contribution is 7.88. The molecule has 100 valence electrons. The highest BCUT2D eigenvalue weighted by Crippen LogP contribution is 2.03. The van der Waals surface area contributed by atoms with Gasteiger partial charge >= 0.3 is 0 Å². The molecule has 0 spiro atoms. The van der Waals surface area contributed by atoms with Gasteiger partial charge in [0.15, 0.2) is 0 Å². The van der Waals surface area contributed by atoms with Crippen LogP contribution in [0.1, 0.15) is 19.4 Å². The molecule has 0 saturated carbocycles. The lowest BCUT2D eigenvalue weighted by molar-refractivity contribution is -0.120. The molecule has 1 aromatic rings. The standard InChI is InChI=1S/C12H18N2O3S/c1-10(2)14-12(15)8-13-18(16,17)9-11-6-4-3-5-7-11/h3-7,10,13H,8-9H2,1-2H3,(H,14,15). The quantitative estimate of drug-likeness (QED) is 0.796. The van der Waals surface area contributed by atoms with Crippen molar-refractivity contribution < 1.29 is 13.2 Å². The number of hydrogen-bond donors (Lipinski definition) is 2. The first-order valence-corrected chi connectivity index (χ1v) is 7.35. The highest BCUT2D eigenvalue weighted by atomic mass is 32.2. The lowest BCUT2D eigenvalue weighted by Gasteiger charge is -2.09. The second-order valence-electron chi connectivity index (χ2n) is 4.29. The average Bonchev–Trinajstić information content (AvgIpc) is 2.26. The molecule has 0 saturated heterocycles. The zero-order valence-electron chi connectivity index (χ0n) is 10.5. The third-order valence-corrected chi connectivity index (χ3v) is 3.40. The van der Waals surface area contributed by atoms with Gasteiger partial charge < -0.3 is 5.32 Å². The maximum absolute atomic E-state index is 11.7. The number of rotatable bonds is 6. The minimum Gasteiger partial charge on any atom is -0.353 e. The van der Waals surface area contributed by atoms with E-state index in [4.69, 9.17) is 0 Å². The predicted octanol–water partition coefficient (Wildman–Crippen LogP) is 0.631. The van der Waals surface area contributed by atoms with Crippen molar-refractivity contribution in [2.75, 3.05) is 6.54 Å². The van der Waals surface area contributed by atoms with Crippen LogP contribution in [0.25, 0.3) is 0 Å². The molecule has 1 rings (SSSR count). The molecule has 0 radical (unpaired) electrons. The molecule has 6 heteroatoms. The van der Waals surface area contributed by atoms with Gasteiger partial charge in [-0.1, -0.05) is 30.3 Å². The maximum atomic E-state index is 11.7. The van der Waals surface area contributed by atoms with E-state index in [2.05, 4.69) is 10.0 Å². The van der Waals surface area contributed by atoms with Crippen LogP contribution in [-0.4, -0.2) is 26.9 Å². The Morgan fingerprint density at radius 2 is 1.83 bits per heavy atom. The maximum Gasteiger partial charge on any atom is 0.235 e. The van der Waals surface area contributed by atoms with Crippen molar-refractivity contribution in [3.8, 4) is 0 Å². The number of carbonyl (C=O) groups excluding carboxylic acids is 1. The number of amides is 1. The molecule has 0 atom stereocenters. The van der Waals surface area contributed by atoms with E-state index in [1.165, 1.54) is 0 Å². The fourth-order valence-corrected chi connectivity index (χ4v) is 2.48. The van der Waals surface area contributed by atoms with Crippen molar-refractivity contribution in [2.24, 2.45) is 0 Å². The largest absolute Gasteiger partial charge is 0.353 e. The molecule has 0 fully saturated rings. The summed E-state index contributed by atoms with van der Waals surface area (Å²) in [5, 5.41) is 2.61. The first-order chi connectivity index (χ1) is 8.39. The minimum absolute atomic E-state index is 0.00359. The highest BCUT2D eigenvalue weighted by Gasteiger charge is 2.13. The predicted molar refractivity (Wildman–Crippen MR) is 70.3 cm³/mol. The topological polar surface area (TPSA) is 75.3 Å². The van der Waals surface area contributed by atoms with Crippen molar-refractivity contribution >= 4 is 15.9 Å². The van der Waals surface area contributed by atoms with Crippen LogP contribution in [0, 0.1) is 0 Å². The van der Waals surface area contributed by atoms with E-state index in [1.54, 1.807) is 24.3 Å². The van der Waals surface area contributed by atoms with Crippen molar-refractivity contribution in [1.29, 1.82) is 0 Å². The third-order valence-electron chi connectivity index (χ3n) is 2.10. The first kappa shape index (κ1) is 14.7. The summed E-state index contributed by atoms with van der Waals surface area (Å²) < 4.78 is 25.7. The summed E-state index contributed by atoms with van der Waals surface area (Å²) in [6.45, 7) is 3.40. The van der Waals surface area contributed by atoms with Gasteiger partial charge in [-0.15, -0.1) is 0 Å². The van der Waals surface area contributed by atoms with Crippen LogP contribution in [0.4, 0.5) is 0 Å². The van der Waals surface area contributed by atoms with Crippen LogP contribution in [0.3, 0.4) is 0 Å². The Morgan fingerprint density at radius 3 is 2.39 bits per heavy atom. The van der Waals surface area contributed by atoms with Gasteiger partial charge in [-0.3, -0.25) is 4.79 Å². The molecule has 5 nitrogen and oxygen atoms in total. The molecule has 0 aliphatic rings. The van der Waals surface area contributed by atoms with Crippen LogP contribution < -0.4 is 10.0 Å². The molecular weight excluding hydrogens is 252 g/mol. The van der Waals surface area contributed by atoms with Gasteiger partial charge in [0.1, 0.15) is 0 Å². The zero-order valence-corrected chi connectivity index (χ0v) is 11.3. The van der Waals surface area contributed by atoms with E-state index < -0.39 is 10.0 Å². The Labute approximate surface area is 108 Å². The van der Waals surface area contributed by atoms with Crippen LogP contribution in [-0.2, 0) is 20.6 Å². The van der Waals surface area contributed by atoms with E-state index in [1.807, 2.05) is 19.9 Å². The zero-order chi connectivity index (χ0) is 13.6. The average molecular weight is 270 g/mol. The van der Waals surface area contributed by atoms with Gasteiger partial charge in [0.2, 0.25) is 15.9 Å². The van der Waals surface area contributed by atoms with Crippen LogP contribution in [0.5, 0.6) is 0 Å². The monoisotopic (exact) mass is 270 g/mol. The van der Waals surface area contributed by atoms with E-state index in [0.717, 1.165) is 0 Å². The molecule has 0 aromatic heterocycles. The molecule has 0 unspecified atom stereocenters. The van der Waals surface area contributed by atoms with Gasteiger partial charge in [-0.2, -0.15) is 0 Å². The minimum atomic E-state index is -3.48. The molecular formula is C12H18N2O3S. The smallest absolute Gasteiger partial charge is 0.235 e. The molecule has 1 aromatic carbocycles. The van der Waals surface area contributed by atoms with Crippen LogP contribution in [0.2, 0.25) is 0 Å². The SMILES string of the molecule is CC(C)NC(=O)CNS(=O)(=O)Cc1ccccc1. The molecule has 0 bridgehead atoms. The van der Waals surface area contributed by atoms with Gasteiger partial charge in [-0.05, 0) is 19.4 Å². The van der Waals surface area contributed by atoms with E-state index in [-0.39, 0.29) is 24.2 Å². The number of nitrogens with one attached hydrogen (secondary N) is 2. The Balaban J connectivity index is 2.48. The Kier molecular flexibility index (Phi) is 5.30. The molecule has 0 heterocycles. The van der Waals surface area contributed by atoms with Crippen molar-refractivity contribution in [3.05, 3.63) is 35.9 Å². The van der Waals surface area contributed by atoms with E-state index in [0.29, 0.717) is 5.56 Å². The second-order valence-corrected chi connectivity index (χ2v) is 6.09. The molecule has 18 heavy (non-hydrogen) atoms. The van der Waals surface area contributed by atoms with E-state index in [9.17, 15) is 13.2 Å². The third kappa shape index (κ3) is 5.79. The lowest BCUT2D eigenvalue weighted by Crippen LogP contribution is -2.40. The lowest BCUT2D eigenvalue weighted by atomic mass is 10.2. The number of hydrogen-bond acceptors (Lipinski definition) is 3. The Morgan fingerprint density at radius 1 is 1.22 bits per heavy atom. The molecule has 0 aliphatic carbocycles. The fourth-order valence-electron chi connectivity index (χ4n) is 1.39. The summed E-state index contributed by atoms with van der Waals surface area (Å²) >= 11 is 0. The Hall–Kier alpha value is -1.40. The van der Waals surface area contributed by atoms with Gasteiger partial charge in [0, 0.05) is 6.04 Å². The van der Waals surface area contributed by atoms with Crippen molar-refractivity contribution in [1.82, 2.24) is 10.0 Å². The second kappa shape index (κ2) is 6.51. The number of carbonyl (C=O) groups is 1. The van der Waals surface area contributed by atoms with Crippen molar-refractivity contribution in [2.45, 2.75) is 25.6 Å². The van der Waals surface area contributed by atoms with Gasteiger partial charge in [0.25, 0.3) is 0 Å². The molecule has 1 amide bonds. The summed E-state index contributed by atoms with van der Waals surface area (Å²) in [6.07, 6.45) is 0. The van der Waals surface area contributed by atoms with E-state index >= 15 is 0 Å². The number of sulfonamides is 1. The van der Waals surface area contributed by atoms with Crippen LogP contribution >= 0.6 is 0 Å².